The van der Waals surface area contributed by atoms with E-state index in [9.17, 15) is 19.7 Å². The van der Waals surface area contributed by atoms with Crippen LogP contribution in [-0.4, -0.2) is 16.7 Å². The highest BCUT2D eigenvalue weighted by Crippen LogP contribution is 2.16. The van der Waals surface area contributed by atoms with Gasteiger partial charge in [-0.05, 0) is 48.0 Å². The van der Waals surface area contributed by atoms with Gasteiger partial charge in [-0.1, -0.05) is 28.1 Å². The molecule has 0 fully saturated rings. The molecule has 9 heteroatoms. The molecule has 2 amide bonds. The molecule has 0 saturated carbocycles. The predicted molar refractivity (Wildman–Crippen MR) is 113 cm³/mol. The first-order valence-electron chi connectivity index (χ1n) is 8.76. The summed E-state index contributed by atoms with van der Waals surface area (Å²) in [6, 6.07) is 15.8. The van der Waals surface area contributed by atoms with Crippen molar-refractivity contribution in [3.05, 3.63) is 104 Å². The maximum absolute atomic E-state index is 12.7. The molecule has 0 unspecified atom stereocenters. The maximum atomic E-state index is 12.7. The Bertz CT molecular complexity index is 1090. The fraction of sp³-hybridized carbons (Fsp3) is 0.0476. The Labute approximate surface area is 179 Å². The topological polar surface area (TPSA) is 114 Å². The van der Waals surface area contributed by atoms with Gasteiger partial charge in [0.25, 0.3) is 17.5 Å². The van der Waals surface area contributed by atoms with Gasteiger partial charge < -0.3 is 15.1 Å². The highest BCUT2D eigenvalue weighted by atomic mass is 79.9. The summed E-state index contributed by atoms with van der Waals surface area (Å²) in [5.41, 5.74) is 0.554. The zero-order chi connectivity index (χ0) is 21.5. The second-order valence-corrected chi connectivity index (χ2v) is 7.05. The van der Waals surface area contributed by atoms with E-state index >= 15 is 0 Å². The summed E-state index contributed by atoms with van der Waals surface area (Å²) in [5, 5.41) is 16.2. The molecule has 3 aromatic rings. The monoisotopic (exact) mass is 469 g/mol. The molecule has 1 aromatic heterocycles. The van der Waals surface area contributed by atoms with Crippen molar-refractivity contribution in [3.8, 4) is 0 Å². The van der Waals surface area contributed by atoms with Gasteiger partial charge in [-0.25, -0.2) is 0 Å². The molecule has 30 heavy (non-hydrogen) atoms. The lowest BCUT2D eigenvalue weighted by atomic mass is 10.1. The van der Waals surface area contributed by atoms with Crippen LogP contribution in [0, 0.1) is 10.1 Å². The number of rotatable bonds is 7. The summed E-state index contributed by atoms with van der Waals surface area (Å²) in [6.45, 7) is 0.117. The molecule has 8 nitrogen and oxygen atoms in total. The van der Waals surface area contributed by atoms with E-state index in [4.69, 9.17) is 4.42 Å². The number of nitro benzene ring substituents is 1. The zero-order valence-corrected chi connectivity index (χ0v) is 17.1. The lowest BCUT2D eigenvalue weighted by molar-refractivity contribution is -0.384. The minimum atomic E-state index is -0.566. The quantitative estimate of drug-likeness (QED) is 0.307. The number of benzene rings is 2. The second kappa shape index (κ2) is 9.66. The van der Waals surface area contributed by atoms with E-state index in [2.05, 4.69) is 26.6 Å². The van der Waals surface area contributed by atoms with Crippen molar-refractivity contribution in [1.29, 1.82) is 0 Å². The van der Waals surface area contributed by atoms with Crippen LogP contribution in [0.15, 0.2) is 81.5 Å². The molecule has 2 N–H and O–H groups in total. The molecule has 0 aliphatic rings. The number of amides is 2. The number of halogens is 1. The number of carbonyl (C=O) groups is 2. The Hall–Kier alpha value is -3.72. The fourth-order valence-electron chi connectivity index (χ4n) is 2.52. The van der Waals surface area contributed by atoms with Gasteiger partial charge in [-0.2, -0.15) is 0 Å². The van der Waals surface area contributed by atoms with Crippen molar-refractivity contribution in [2.75, 3.05) is 0 Å². The van der Waals surface area contributed by atoms with Gasteiger partial charge in [-0.3, -0.25) is 19.7 Å². The third-order valence-corrected chi connectivity index (χ3v) is 4.52. The number of hydrogen-bond acceptors (Lipinski definition) is 5. The number of nitrogens with zero attached hydrogens (tertiary/aromatic N) is 1. The van der Waals surface area contributed by atoms with E-state index in [0.717, 1.165) is 4.47 Å². The fourth-order valence-corrected chi connectivity index (χ4v) is 2.79. The second-order valence-electron chi connectivity index (χ2n) is 6.13. The number of nitrogens with one attached hydrogen (secondary N) is 2. The normalized spacial score (nSPS) is 11.0. The average molecular weight is 470 g/mol. The molecule has 0 aliphatic carbocycles. The lowest BCUT2D eigenvalue weighted by Gasteiger charge is -2.11. The summed E-state index contributed by atoms with van der Waals surface area (Å²) in [6.07, 6.45) is 2.86. The Morgan fingerprint density at radius 1 is 1.10 bits per heavy atom. The highest BCUT2D eigenvalue weighted by Gasteiger charge is 2.16. The Morgan fingerprint density at radius 2 is 1.87 bits per heavy atom. The van der Waals surface area contributed by atoms with Crippen molar-refractivity contribution < 1.29 is 18.9 Å². The maximum Gasteiger partial charge on any atom is 0.270 e. The van der Waals surface area contributed by atoms with Crippen LogP contribution >= 0.6 is 15.9 Å². The van der Waals surface area contributed by atoms with Crippen LogP contribution in [0.3, 0.4) is 0 Å². The molecule has 0 radical (unpaired) electrons. The number of hydrogen-bond donors (Lipinski definition) is 2. The van der Waals surface area contributed by atoms with Crippen LogP contribution in [-0.2, 0) is 11.3 Å². The van der Waals surface area contributed by atoms with E-state index in [1.165, 1.54) is 30.5 Å². The Kier molecular flexibility index (Phi) is 6.76. The summed E-state index contributed by atoms with van der Waals surface area (Å²) < 4.78 is 5.99. The number of carbonyl (C=O) groups excluding carboxylic acids is 2. The van der Waals surface area contributed by atoms with Crippen molar-refractivity contribution in [1.82, 2.24) is 10.6 Å². The molecule has 1 heterocycles. The molecular formula is C21H16BrN3O5. The summed E-state index contributed by atoms with van der Waals surface area (Å²) in [5.74, 6) is -0.520. The van der Waals surface area contributed by atoms with Crippen LogP contribution < -0.4 is 10.6 Å². The third kappa shape index (κ3) is 5.65. The number of nitro groups is 1. The van der Waals surface area contributed by atoms with Crippen molar-refractivity contribution in [2.24, 2.45) is 0 Å². The molecule has 0 spiro atoms. The van der Waals surface area contributed by atoms with Crippen molar-refractivity contribution in [2.45, 2.75) is 6.54 Å². The van der Waals surface area contributed by atoms with E-state index < -0.39 is 16.7 Å². The minimum absolute atomic E-state index is 0.0602. The minimum Gasteiger partial charge on any atom is -0.467 e. The molecule has 0 saturated heterocycles. The summed E-state index contributed by atoms with van der Waals surface area (Å²) in [7, 11) is 0. The van der Waals surface area contributed by atoms with Gasteiger partial charge in [0.1, 0.15) is 11.5 Å². The van der Waals surface area contributed by atoms with Crippen molar-refractivity contribution in [3.63, 3.8) is 0 Å². The third-order valence-electron chi connectivity index (χ3n) is 3.99. The van der Waals surface area contributed by atoms with Crippen LogP contribution in [0.1, 0.15) is 21.7 Å². The van der Waals surface area contributed by atoms with Crippen LogP contribution in [0.5, 0.6) is 0 Å². The van der Waals surface area contributed by atoms with Gasteiger partial charge in [-0.15, -0.1) is 0 Å². The van der Waals surface area contributed by atoms with E-state index in [0.29, 0.717) is 16.9 Å². The molecule has 152 valence electrons. The lowest BCUT2D eigenvalue weighted by Crippen LogP contribution is -2.34. The van der Waals surface area contributed by atoms with Gasteiger partial charge >= 0.3 is 0 Å². The molecule has 3 rings (SSSR count). The largest absolute Gasteiger partial charge is 0.467 e. The standard InChI is InChI=1S/C21H16BrN3O5/c22-16-8-6-15(7-9-16)20(26)24-19(21(27)23-13-18-5-2-10-30-18)12-14-3-1-4-17(11-14)25(28)29/h1-12H,13H2,(H,23,27)(H,24,26)/b19-12-. The molecule has 0 atom stereocenters. The molecule has 2 aromatic carbocycles. The number of non-ortho nitro benzene ring substituents is 1. The average Bonchev–Trinajstić information content (AvgIpc) is 3.26. The van der Waals surface area contributed by atoms with Gasteiger partial charge in [0.15, 0.2) is 0 Å². The molecule has 0 aliphatic heterocycles. The van der Waals surface area contributed by atoms with Crippen molar-refractivity contribution >= 4 is 39.5 Å². The van der Waals surface area contributed by atoms with E-state index in [1.807, 2.05) is 0 Å². The van der Waals surface area contributed by atoms with Gasteiger partial charge in [0, 0.05) is 22.2 Å². The van der Waals surface area contributed by atoms with Crippen LogP contribution in [0.2, 0.25) is 0 Å². The highest BCUT2D eigenvalue weighted by molar-refractivity contribution is 9.10. The Morgan fingerprint density at radius 3 is 2.53 bits per heavy atom. The summed E-state index contributed by atoms with van der Waals surface area (Å²) in [4.78, 5) is 35.8. The smallest absolute Gasteiger partial charge is 0.270 e. The summed E-state index contributed by atoms with van der Waals surface area (Å²) >= 11 is 3.30. The Balaban J connectivity index is 1.86. The van der Waals surface area contributed by atoms with Crippen LogP contribution in [0.25, 0.3) is 6.08 Å². The van der Waals surface area contributed by atoms with E-state index in [-0.39, 0.29) is 17.9 Å². The molecular weight excluding hydrogens is 454 g/mol. The first-order valence-corrected chi connectivity index (χ1v) is 9.55. The van der Waals surface area contributed by atoms with Gasteiger partial charge in [0.2, 0.25) is 0 Å². The van der Waals surface area contributed by atoms with Crippen LogP contribution in [0.4, 0.5) is 5.69 Å². The first-order chi connectivity index (χ1) is 14.4. The van der Waals surface area contributed by atoms with E-state index in [1.54, 1.807) is 42.5 Å². The SMILES string of the molecule is O=C(NCc1ccco1)/C(=C/c1cccc([N+](=O)[O-])c1)NC(=O)c1ccc(Br)cc1. The predicted octanol–water partition coefficient (Wildman–Crippen LogP) is 4.04. The number of furan rings is 1. The molecule has 0 bridgehead atoms. The first kappa shape index (κ1) is 21.0. The van der Waals surface area contributed by atoms with Gasteiger partial charge in [0.05, 0.1) is 17.7 Å². The zero-order valence-electron chi connectivity index (χ0n) is 15.5.